The normalized spacial score (nSPS) is 10.3. The van der Waals surface area contributed by atoms with Crippen LogP contribution >= 0.6 is 11.6 Å². The molecule has 5 heteroatoms. The summed E-state index contributed by atoms with van der Waals surface area (Å²) in [6, 6.07) is 7.42. The van der Waals surface area contributed by atoms with Crippen molar-refractivity contribution in [2.24, 2.45) is 0 Å². The average molecular weight is 279 g/mol. The van der Waals surface area contributed by atoms with Gasteiger partial charge in [0.05, 0.1) is 10.6 Å². The Morgan fingerprint density at radius 3 is 2.74 bits per heavy atom. The minimum atomic E-state index is -0.398. The van der Waals surface area contributed by atoms with E-state index in [2.05, 4.69) is 4.98 Å². The molecule has 0 aliphatic rings. The molecule has 1 aromatic carbocycles. The molecule has 1 amide bonds. The van der Waals surface area contributed by atoms with Crippen molar-refractivity contribution >= 4 is 23.2 Å². The summed E-state index contributed by atoms with van der Waals surface area (Å²) in [5.41, 5.74) is 1.48. The molecule has 0 bridgehead atoms. The number of aromatic nitrogens is 1. The molecule has 0 fully saturated rings. The summed E-state index contributed by atoms with van der Waals surface area (Å²) in [6.07, 6.45) is 1.43. The lowest BCUT2D eigenvalue weighted by atomic mass is 10.2. The Labute approximate surface area is 115 Å². The molecule has 19 heavy (non-hydrogen) atoms. The molecule has 0 saturated carbocycles. The van der Waals surface area contributed by atoms with Crippen LogP contribution in [0.1, 0.15) is 16.1 Å². The molecule has 0 aliphatic heterocycles. The minimum Gasteiger partial charge on any atom is -0.311 e. The number of carbonyl (C=O) groups is 1. The predicted octanol–water partition coefficient (Wildman–Crippen LogP) is 3.46. The van der Waals surface area contributed by atoms with Gasteiger partial charge in [0.1, 0.15) is 5.82 Å². The van der Waals surface area contributed by atoms with E-state index in [0.717, 1.165) is 5.69 Å². The number of rotatable bonds is 2. The van der Waals surface area contributed by atoms with Crippen LogP contribution in [0.4, 0.5) is 10.1 Å². The maximum absolute atomic E-state index is 13.1. The molecule has 2 rings (SSSR count). The van der Waals surface area contributed by atoms with Crippen LogP contribution in [0.5, 0.6) is 0 Å². The highest BCUT2D eigenvalue weighted by atomic mass is 35.5. The number of hydrogen-bond acceptors (Lipinski definition) is 2. The van der Waals surface area contributed by atoms with Crippen LogP contribution in [-0.2, 0) is 0 Å². The number of carbonyl (C=O) groups excluding carboxylic acids is 1. The maximum atomic E-state index is 13.1. The van der Waals surface area contributed by atoms with Gasteiger partial charge in [0.15, 0.2) is 0 Å². The van der Waals surface area contributed by atoms with Gasteiger partial charge in [-0.05, 0) is 31.2 Å². The van der Waals surface area contributed by atoms with Gasteiger partial charge in [-0.15, -0.1) is 0 Å². The van der Waals surface area contributed by atoms with Crippen LogP contribution < -0.4 is 4.90 Å². The van der Waals surface area contributed by atoms with Gasteiger partial charge in [-0.3, -0.25) is 9.78 Å². The van der Waals surface area contributed by atoms with Crippen LogP contribution in [0.15, 0.2) is 36.5 Å². The molecule has 0 atom stereocenters. The second-order valence-corrected chi connectivity index (χ2v) is 4.56. The lowest BCUT2D eigenvalue weighted by Crippen LogP contribution is -2.26. The van der Waals surface area contributed by atoms with E-state index in [1.54, 1.807) is 32.2 Å². The monoisotopic (exact) mass is 278 g/mol. The third-order valence-electron chi connectivity index (χ3n) is 2.72. The molecule has 0 saturated heterocycles. The fourth-order valence-electron chi connectivity index (χ4n) is 1.67. The largest absolute Gasteiger partial charge is 0.311 e. The maximum Gasteiger partial charge on any atom is 0.261 e. The number of amides is 1. The van der Waals surface area contributed by atoms with Crippen molar-refractivity contribution in [3.8, 4) is 0 Å². The standard InChI is InChI=1S/C14H12ClFN2O/c1-9-6-13(15)12(8-17-9)14(19)18(2)11-5-3-4-10(16)7-11/h3-8H,1-2H3. The SMILES string of the molecule is Cc1cc(Cl)c(C(=O)N(C)c2cccc(F)c2)cn1. The molecule has 0 unspecified atom stereocenters. The van der Waals surface area contributed by atoms with Crippen molar-refractivity contribution in [1.29, 1.82) is 0 Å². The van der Waals surface area contributed by atoms with E-state index < -0.39 is 5.82 Å². The fraction of sp³-hybridized carbons (Fsp3) is 0.143. The highest BCUT2D eigenvalue weighted by Gasteiger charge is 2.17. The van der Waals surface area contributed by atoms with Gasteiger partial charge in [0, 0.05) is 24.6 Å². The van der Waals surface area contributed by atoms with Gasteiger partial charge in [-0.2, -0.15) is 0 Å². The van der Waals surface area contributed by atoms with Gasteiger partial charge in [-0.1, -0.05) is 17.7 Å². The summed E-state index contributed by atoms with van der Waals surface area (Å²) in [5, 5.41) is 0.334. The first kappa shape index (κ1) is 13.5. The van der Waals surface area contributed by atoms with Crippen molar-refractivity contribution in [2.75, 3.05) is 11.9 Å². The first-order chi connectivity index (χ1) is 8.99. The summed E-state index contributed by atoms with van der Waals surface area (Å²) in [4.78, 5) is 17.7. The quantitative estimate of drug-likeness (QED) is 0.843. The smallest absolute Gasteiger partial charge is 0.261 e. The molecule has 0 aliphatic carbocycles. The third kappa shape index (κ3) is 2.90. The Morgan fingerprint density at radius 1 is 1.37 bits per heavy atom. The Bertz CT molecular complexity index is 631. The first-order valence-electron chi connectivity index (χ1n) is 5.65. The number of nitrogens with zero attached hydrogens (tertiary/aromatic N) is 2. The van der Waals surface area contributed by atoms with Crippen LogP contribution in [0.25, 0.3) is 0 Å². The zero-order valence-electron chi connectivity index (χ0n) is 10.5. The third-order valence-corrected chi connectivity index (χ3v) is 3.03. The number of hydrogen-bond donors (Lipinski definition) is 0. The van der Waals surface area contributed by atoms with Gasteiger partial charge in [0.25, 0.3) is 5.91 Å². The molecule has 2 aromatic rings. The second-order valence-electron chi connectivity index (χ2n) is 4.15. The summed E-state index contributed by atoms with van der Waals surface area (Å²) < 4.78 is 13.1. The number of benzene rings is 1. The molecular formula is C14H12ClFN2O. The molecule has 3 nitrogen and oxygen atoms in total. The fourth-order valence-corrected chi connectivity index (χ4v) is 1.95. The minimum absolute atomic E-state index is 0.291. The zero-order valence-corrected chi connectivity index (χ0v) is 11.3. The topological polar surface area (TPSA) is 33.2 Å². The summed E-state index contributed by atoms with van der Waals surface area (Å²) in [7, 11) is 1.56. The van der Waals surface area contributed by atoms with Gasteiger partial charge < -0.3 is 4.90 Å². The van der Waals surface area contributed by atoms with E-state index in [-0.39, 0.29) is 5.91 Å². The van der Waals surface area contributed by atoms with Gasteiger partial charge in [-0.25, -0.2) is 4.39 Å². The highest BCUT2D eigenvalue weighted by molar-refractivity contribution is 6.34. The van der Waals surface area contributed by atoms with Crippen LogP contribution in [-0.4, -0.2) is 17.9 Å². The van der Waals surface area contributed by atoms with Crippen molar-refractivity contribution in [3.63, 3.8) is 0 Å². The Hall–Kier alpha value is -1.94. The van der Waals surface area contributed by atoms with Crippen molar-refractivity contribution in [3.05, 3.63) is 58.6 Å². The van der Waals surface area contributed by atoms with Crippen molar-refractivity contribution < 1.29 is 9.18 Å². The van der Waals surface area contributed by atoms with E-state index in [9.17, 15) is 9.18 Å². The average Bonchev–Trinajstić information content (AvgIpc) is 2.37. The number of anilines is 1. The van der Waals surface area contributed by atoms with E-state index in [1.165, 1.54) is 23.2 Å². The van der Waals surface area contributed by atoms with Gasteiger partial charge in [0.2, 0.25) is 0 Å². The van der Waals surface area contributed by atoms with E-state index in [0.29, 0.717) is 16.3 Å². The summed E-state index contributed by atoms with van der Waals surface area (Å²) >= 11 is 6.03. The Kier molecular flexibility index (Phi) is 3.81. The molecule has 0 N–H and O–H groups in total. The van der Waals surface area contributed by atoms with Crippen LogP contribution in [0.2, 0.25) is 5.02 Å². The highest BCUT2D eigenvalue weighted by Crippen LogP contribution is 2.21. The molecule has 1 aromatic heterocycles. The van der Waals surface area contributed by atoms with Crippen LogP contribution in [0.3, 0.4) is 0 Å². The number of pyridine rings is 1. The Morgan fingerprint density at radius 2 is 2.11 bits per heavy atom. The van der Waals surface area contributed by atoms with Gasteiger partial charge >= 0.3 is 0 Å². The lowest BCUT2D eigenvalue weighted by Gasteiger charge is -2.18. The van der Waals surface area contributed by atoms with Crippen LogP contribution in [0, 0.1) is 12.7 Å². The number of aryl methyl sites for hydroxylation is 1. The molecule has 0 spiro atoms. The summed E-state index contributed by atoms with van der Waals surface area (Å²) in [5.74, 6) is -0.728. The van der Waals surface area contributed by atoms with E-state index >= 15 is 0 Å². The molecule has 1 heterocycles. The molecule has 98 valence electrons. The Balaban J connectivity index is 2.33. The summed E-state index contributed by atoms with van der Waals surface area (Å²) in [6.45, 7) is 1.79. The van der Waals surface area contributed by atoms with Crippen molar-refractivity contribution in [1.82, 2.24) is 4.98 Å². The first-order valence-corrected chi connectivity index (χ1v) is 6.02. The molecular weight excluding hydrogens is 267 g/mol. The predicted molar refractivity (Wildman–Crippen MR) is 73.1 cm³/mol. The van der Waals surface area contributed by atoms with E-state index in [1.807, 2.05) is 0 Å². The number of halogens is 2. The zero-order chi connectivity index (χ0) is 14.0. The second kappa shape index (κ2) is 5.36. The van der Waals surface area contributed by atoms with Crippen molar-refractivity contribution in [2.45, 2.75) is 6.92 Å². The van der Waals surface area contributed by atoms with E-state index in [4.69, 9.17) is 11.6 Å². The molecule has 0 radical (unpaired) electrons. The lowest BCUT2D eigenvalue weighted by molar-refractivity contribution is 0.0993.